The lowest BCUT2D eigenvalue weighted by Gasteiger charge is -2.24. The summed E-state index contributed by atoms with van der Waals surface area (Å²) in [6.45, 7) is 9.15. The largest absolute Gasteiger partial charge is 0.493 e. The average Bonchev–Trinajstić information content (AvgIpc) is 2.37. The minimum atomic E-state index is -0.451. The Labute approximate surface area is 116 Å². The maximum atomic E-state index is 8.65. The first-order chi connectivity index (χ1) is 8.88. The highest BCUT2D eigenvalue weighted by atomic mass is 16.5. The highest BCUT2D eigenvalue weighted by Crippen LogP contribution is 2.32. The number of nitriles is 1. The Balaban J connectivity index is 2.85. The summed E-state index contributed by atoms with van der Waals surface area (Å²) in [7, 11) is 0. The second-order valence-corrected chi connectivity index (χ2v) is 5.81. The number of rotatable bonds is 5. The third-order valence-electron chi connectivity index (χ3n) is 3.11. The molecule has 0 fully saturated rings. The van der Waals surface area contributed by atoms with E-state index in [-0.39, 0.29) is 5.41 Å². The first-order valence-corrected chi connectivity index (χ1v) is 6.80. The van der Waals surface area contributed by atoms with Crippen molar-refractivity contribution >= 4 is 0 Å². The van der Waals surface area contributed by atoms with Crippen LogP contribution in [-0.4, -0.2) is 12.6 Å². The van der Waals surface area contributed by atoms with E-state index in [1.54, 1.807) is 0 Å². The Kier molecular flexibility index (Phi) is 5.38. The van der Waals surface area contributed by atoms with Crippen molar-refractivity contribution in [3.05, 3.63) is 29.3 Å². The summed E-state index contributed by atoms with van der Waals surface area (Å²) in [5, 5.41) is 8.65. The predicted molar refractivity (Wildman–Crippen MR) is 78.2 cm³/mol. The molecule has 19 heavy (non-hydrogen) atoms. The molecule has 3 nitrogen and oxygen atoms in total. The van der Waals surface area contributed by atoms with Crippen LogP contribution in [0.5, 0.6) is 5.75 Å². The van der Waals surface area contributed by atoms with E-state index in [0.29, 0.717) is 13.0 Å². The SMILES string of the molecule is CCc1ccc(OCCC(N)C#N)c(C(C)(C)C)c1. The van der Waals surface area contributed by atoms with E-state index in [1.807, 2.05) is 12.1 Å². The Morgan fingerprint density at radius 2 is 2.05 bits per heavy atom. The molecule has 1 aromatic rings. The van der Waals surface area contributed by atoms with Crippen molar-refractivity contribution in [2.24, 2.45) is 5.73 Å². The summed E-state index contributed by atoms with van der Waals surface area (Å²) in [6.07, 6.45) is 1.57. The van der Waals surface area contributed by atoms with Crippen molar-refractivity contribution in [3.63, 3.8) is 0 Å². The van der Waals surface area contributed by atoms with E-state index in [1.165, 1.54) is 11.1 Å². The molecule has 0 amide bonds. The summed E-state index contributed by atoms with van der Waals surface area (Å²) in [4.78, 5) is 0. The van der Waals surface area contributed by atoms with Crippen LogP contribution in [0.4, 0.5) is 0 Å². The van der Waals surface area contributed by atoms with Crippen LogP contribution in [0.25, 0.3) is 0 Å². The molecule has 104 valence electrons. The Morgan fingerprint density at radius 1 is 1.37 bits per heavy atom. The molecular formula is C16H24N2O. The van der Waals surface area contributed by atoms with Crippen LogP contribution in [0.1, 0.15) is 45.2 Å². The van der Waals surface area contributed by atoms with Crippen molar-refractivity contribution in [1.82, 2.24) is 0 Å². The molecule has 0 aromatic heterocycles. The number of nitrogens with zero attached hydrogens (tertiary/aromatic N) is 1. The monoisotopic (exact) mass is 260 g/mol. The Bertz CT molecular complexity index is 455. The van der Waals surface area contributed by atoms with Crippen molar-refractivity contribution < 1.29 is 4.74 Å². The normalized spacial score (nSPS) is 12.8. The van der Waals surface area contributed by atoms with Crippen LogP contribution in [0.2, 0.25) is 0 Å². The van der Waals surface area contributed by atoms with Gasteiger partial charge in [-0.3, -0.25) is 0 Å². The maximum absolute atomic E-state index is 8.65. The van der Waals surface area contributed by atoms with Gasteiger partial charge in [-0.1, -0.05) is 39.8 Å². The Morgan fingerprint density at radius 3 is 2.58 bits per heavy atom. The maximum Gasteiger partial charge on any atom is 0.123 e. The van der Waals surface area contributed by atoms with E-state index >= 15 is 0 Å². The topological polar surface area (TPSA) is 59.0 Å². The number of ether oxygens (including phenoxy) is 1. The molecule has 1 atom stereocenters. The summed E-state index contributed by atoms with van der Waals surface area (Å²) < 4.78 is 5.80. The third-order valence-corrected chi connectivity index (χ3v) is 3.11. The van der Waals surface area contributed by atoms with Crippen molar-refractivity contribution in [3.8, 4) is 11.8 Å². The molecule has 0 aliphatic rings. The smallest absolute Gasteiger partial charge is 0.123 e. The fraction of sp³-hybridized carbons (Fsp3) is 0.562. The number of hydrogen-bond acceptors (Lipinski definition) is 3. The van der Waals surface area contributed by atoms with Gasteiger partial charge in [0.25, 0.3) is 0 Å². The van der Waals surface area contributed by atoms with Gasteiger partial charge in [0.1, 0.15) is 5.75 Å². The molecule has 2 N–H and O–H groups in total. The van der Waals surface area contributed by atoms with Crippen LogP contribution in [-0.2, 0) is 11.8 Å². The summed E-state index contributed by atoms with van der Waals surface area (Å²) >= 11 is 0. The molecule has 1 rings (SSSR count). The molecule has 1 aromatic carbocycles. The van der Waals surface area contributed by atoms with Gasteiger partial charge in [-0.25, -0.2) is 0 Å². The highest BCUT2D eigenvalue weighted by Gasteiger charge is 2.19. The van der Waals surface area contributed by atoms with Crippen LogP contribution in [0.3, 0.4) is 0 Å². The number of hydrogen-bond donors (Lipinski definition) is 1. The molecule has 0 saturated carbocycles. The molecule has 0 heterocycles. The quantitative estimate of drug-likeness (QED) is 0.884. The van der Waals surface area contributed by atoms with Crippen LogP contribution in [0, 0.1) is 11.3 Å². The van der Waals surface area contributed by atoms with Crippen molar-refractivity contribution in [1.29, 1.82) is 5.26 Å². The molecule has 0 spiro atoms. The fourth-order valence-corrected chi connectivity index (χ4v) is 1.87. The first kappa shape index (κ1) is 15.5. The molecule has 0 saturated heterocycles. The molecule has 3 heteroatoms. The lowest BCUT2D eigenvalue weighted by Crippen LogP contribution is -2.21. The van der Waals surface area contributed by atoms with Gasteiger partial charge in [0, 0.05) is 6.42 Å². The van der Waals surface area contributed by atoms with Gasteiger partial charge in [-0.05, 0) is 29.0 Å². The van der Waals surface area contributed by atoms with Crippen molar-refractivity contribution in [2.45, 2.75) is 52.0 Å². The summed E-state index contributed by atoms with van der Waals surface area (Å²) in [6, 6.07) is 7.89. The highest BCUT2D eigenvalue weighted by molar-refractivity contribution is 5.41. The van der Waals surface area contributed by atoms with Gasteiger partial charge in [0.15, 0.2) is 0 Å². The molecule has 0 aliphatic heterocycles. The lowest BCUT2D eigenvalue weighted by molar-refractivity contribution is 0.298. The minimum Gasteiger partial charge on any atom is -0.493 e. The van der Waals surface area contributed by atoms with Gasteiger partial charge in [0.2, 0.25) is 0 Å². The van der Waals surface area contributed by atoms with E-state index in [2.05, 4.69) is 39.8 Å². The van der Waals surface area contributed by atoms with Crippen LogP contribution in [0.15, 0.2) is 18.2 Å². The molecule has 0 bridgehead atoms. The van der Waals surface area contributed by atoms with Gasteiger partial charge >= 0.3 is 0 Å². The number of aryl methyl sites for hydroxylation is 1. The van der Waals surface area contributed by atoms with E-state index in [0.717, 1.165) is 12.2 Å². The summed E-state index contributed by atoms with van der Waals surface area (Å²) in [5.74, 6) is 0.898. The second kappa shape index (κ2) is 6.58. The number of nitrogens with two attached hydrogens (primary N) is 1. The molecule has 0 radical (unpaired) electrons. The van der Waals surface area contributed by atoms with E-state index in [9.17, 15) is 0 Å². The fourth-order valence-electron chi connectivity index (χ4n) is 1.87. The number of benzene rings is 1. The standard InChI is InChI=1S/C16H24N2O/c1-5-12-6-7-15(14(10-12)16(2,3)4)19-9-8-13(18)11-17/h6-7,10,13H,5,8-9,18H2,1-4H3. The van der Waals surface area contributed by atoms with Crippen LogP contribution < -0.4 is 10.5 Å². The lowest BCUT2D eigenvalue weighted by atomic mass is 9.85. The van der Waals surface area contributed by atoms with E-state index in [4.69, 9.17) is 15.7 Å². The van der Waals surface area contributed by atoms with Crippen molar-refractivity contribution in [2.75, 3.05) is 6.61 Å². The minimum absolute atomic E-state index is 0.0395. The molecular weight excluding hydrogens is 236 g/mol. The second-order valence-electron chi connectivity index (χ2n) is 5.81. The van der Waals surface area contributed by atoms with Gasteiger partial charge in [0.05, 0.1) is 18.7 Å². The molecule has 0 aliphatic carbocycles. The Hall–Kier alpha value is -1.53. The predicted octanol–water partition coefficient (Wildman–Crippen LogP) is 3.17. The van der Waals surface area contributed by atoms with Gasteiger partial charge in [-0.15, -0.1) is 0 Å². The first-order valence-electron chi connectivity index (χ1n) is 6.80. The zero-order chi connectivity index (χ0) is 14.5. The third kappa shape index (κ3) is 4.57. The summed E-state index contributed by atoms with van der Waals surface area (Å²) in [5.41, 5.74) is 8.12. The molecule has 1 unspecified atom stereocenters. The van der Waals surface area contributed by atoms with Gasteiger partial charge < -0.3 is 10.5 Å². The average molecular weight is 260 g/mol. The zero-order valence-electron chi connectivity index (χ0n) is 12.4. The van der Waals surface area contributed by atoms with E-state index < -0.39 is 6.04 Å². The zero-order valence-corrected chi connectivity index (χ0v) is 12.4. The van der Waals surface area contributed by atoms with Gasteiger partial charge in [-0.2, -0.15) is 5.26 Å². The van der Waals surface area contributed by atoms with Crippen LogP contribution >= 0.6 is 0 Å².